The highest BCUT2D eigenvalue weighted by molar-refractivity contribution is 9.10. The van der Waals surface area contributed by atoms with Crippen molar-refractivity contribution >= 4 is 39.1 Å². The van der Waals surface area contributed by atoms with Crippen LogP contribution in [0.1, 0.15) is 12.3 Å². The first-order valence-electron chi connectivity index (χ1n) is 8.88. The zero-order valence-corrected chi connectivity index (χ0v) is 16.9. The fraction of sp³-hybridized carbons (Fsp3) is 0.200. The molecule has 1 aliphatic heterocycles. The lowest BCUT2D eigenvalue weighted by molar-refractivity contribution is -0.122. The minimum absolute atomic E-state index is 0.0511. The van der Waals surface area contributed by atoms with E-state index >= 15 is 0 Å². The molecule has 7 nitrogen and oxygen atoms in total. The number of anilines is 2. The van der Waals surface area contributed by atoms with Gasteiger partial charge >= 0.3 is 0 Å². The molecule has 1 atom stereocenters. The van der Waals surface area contributed by atoms with E-state index in [4.69, 9.17) is 4.52 Å². The van der Waals surface area contributed by atoms with Gasteiger partial charge in [-0.2, -0.15) is 4.98 Å². The van der Waals surface area contributed by atoms with Crippen LogP contribution in [0, 0.1) is 18.7 Å². The van der Waals surface area contributed by atoms with Crippen LogP contribution in [0.3, 0.4) is 0 Å². The van der Waals surface area contributed by atoms with Crippen molar-refractivity contribution in [3.8, 4) is 11.4 Å². The third-order valence-electron chi connectivity index (χ3n) is 4.63. The smallest absolute Gasteiger partial charge is 0.229 e. The van der Waals surface area contributed by atoms with E-state index in [0.29, 0.717) is 27.4 Å². The fourth-order valence-electron chi connectivity index (χ4n) is 3.19. The monoisotopic (exact) mass is 458 g/mol. The van der Waals surface area contributed by atoms with E-state index in [9.17, 15) is 14.0 Å². The second kappa shape index (κ2) is 7.75. The highest BCUT2D eigenvalue weighted by atomic mass is 79.9. The molecule has 148 valence electrons. The van der Waals surface area contributed by atoms with Crippen LogP contribution in [0.25, 0.3) is 11.4 Å². The molecule has 0 unspecified atom stereocenters. The Hall–Kier alpha value is -3.07. The van der Waals surface area contributed by atoms with E-state index in [-0.39, 0.29) is 24.6 Å². The maximum absolute atomic E-state index is 14.0. The number of carbonyl (C=O) groups is 2. The molecule has 2 heterocycles. The van der Waals surface area contributed by atoms with Gasteiger partial charge in [0.15, 0.2) is 0 Å². The molecule has 1 fully saturated rings. The van der Waals surface area contributed by atoms with Crippen molar-refractivity contribution in [3.05, 3.63) is 58.6 Å². The van der Waals surface area contributed by atoms with Crippen molar-refractivity contribution in [2.24, 2.45) is 5.92 Å². The molecule has 4 rings (SSSR count). The summed E-state index contributed by atoms with van der Waals surface area (Å²) in [6, 6.07) is 11.5. The SMILES string of the molecule is Cc1nc(-c2cccc(N3C[C@@H](C(=O)Nc4ccc(Br)cc4F)CC3=O)c2)no1. The van der Waals surface area contributed by atoms with Crippen LogP contribution in [-0.2, 0) is 9.59 Å². The second-order valence-corrected chi connectivity index (χ2v) is 7.62. The largest absolute Gasteiger partial charge is 0.339 e. The highest BCUT2D eigenvalue weighted by Crippen LogP contribution is 2.29. The Morgan fingerprint density at radius 2 is 2.14 bits per heavy atom. The zero-order valence-electron chi connectivity index (χ0n) is 15.4. The van der Waals surface area contributed by atoms with E-state index in [0.717, 1.165) is 0 Å². The number of halogens is 2. The number of hydrogen-bond acceptors (Lipinski definition) is 5. The molecule has 0 saturated carbocycles. The van der Waals surface area contributed by atoms with Gasteiger partial charge in [0.25, 0.3) is 0 Å². The summed E-state index contributed by atoms with van der Waals surface area (Å²) in [4.78, 5) is 30.8. The first-order valence-corrected chi connectivity index (χ1v) is 9.67. The maximum atomic E-state index is 14.0. The number of rotatable bonds is 4. The molecule has 1 aliphatic rings. The lowest BCUT2D eigenvalue weighted by Crippen LogP contribution is -2.28. The zero-order chi connectivity index (χ0) is 20.5. The van der Waals surface area contributed by atoms with Crippen molar-refractivity contribution in [1.29, 1.82) is 0 Å². The summed E-state index contributed by atoms with van der Waals surface area (Å²) in [5.41, 5.74) is 1.43. The van der Waals surface area contributed by atoms with Crippen LogP contribution in [0.15, 0.2) is 51.5 Å². The van der Waals surface area contributed by atoms with Gasteiger partial charge in [-0.25, -0.2) is 4.39 Å². The van der Waals surface area contributed by atoms with Crippen LogP contribution in [0.5, 0.6) is 0 Å². The average Bonchev–Trinajstić information content (AvgIpc) is 3.30. The quantitative estimate of drug-likeness (QED) is 0.639. The Labute approximate surface area is 174 Å². The van der Waals surface area contributed by atoms with Gasteiger partial charge < -0.3 is 14.7 Å². The molecule has 3 aromatic rings. The third-order valence-corrected chi connectivity index (χ3v) is 5.12. The second-order valence-electron chi connectivity index (χ2n) is 6.71. The van der Waals surface area contributed by atoms with Crippen LogP contribution in [0.2, 0.25) is 0 Å². The van der Waals surface area contributed by atoms with Crippen molar-refractivity contribution in [3.63, 3.8) is 0 Å². The molecule has 0 spiro atoms. The lowest BCUT2D eigenvalue weighted by Gasteiger charge is -2.17. The van der Waals surface area contributed by atoms with Crippen LogP contribution >= 0.6 is 15.9 Å². The van der Waals surface area contributed by atoms with E-state index in [1.54, 1.807) is 36.1 Å². The summed E-state index contributed by atoms with van der Waals surface area (Å²) in [7, 11) is 0. The summed E-state index contributed by atoms with van der Waals surface area (Å²) in [6.45, 7) is 1.90. The number of amides is 2. The van der Waals surface area contributed by atoms with Crippen molar-refractivity contribution in [2.75, 3.05) is 16.8 Å². The Morgan fingerprint density at radius 3 is 2.86 bits per heavy atom. The average molecular weight is 459 g/mol. The molecule has 1 N–H and O–H groups in total. The van der Waals surface area contributed by atoms with Crippen LogP contribution in [0.4, 0.5) is 15.8 Å². The van der Waals surface area contributed by atoms with Gasteiger partial charge in [-0.1, -0.05) is 33.2 Å². The number of carbonyl (C=O) groups excluding carboxylic acids is 2. The minimum Gasteiger partial charge on any atom is -0.339 e. The molecule has 1 saturated heterocycles. The van der Waals surface area contributed by atoms with Crippen molar-refractivity contribution in [1.82, 2.24) is 10.1 Å². The molecule has 9 heteroatoms. The standard InChI is InChI=1S/C20H16BrFN4O3/c1-11-23-19(25-29-11)12-3-2-4-15(7-12)26-10-13(8-18(26)27)20(28)24-17-6-5-14(21)9-16(17)22/h2-7,9,13H,8,10H2,1H3,(H,24,28)/t13-/m0/s1. The number of benzene rings is 2. The van der Waals surface area contributed by atoms with E-state index < -0.39 is 17.6 Å². The van der Waals surface area contributed by atoms with Gasteiger partial charge in [-0.15, -0.1) is 0 Å². The number of hydrogen-bond donors (Lipinski definition) is 1. The van der Waals surface area contributed by atoms with Gasteiger partial charge in [0.05, 0.1) is 11.6 Å². The van der Waals surface area contributed by atoms with Gasteiger partial charge in [0.1, 0.15) is 5.82 Å². The molecule has 2 amide bonds. The Morgan fingerprint density at radius 1 is 1.31 bits per heavy atom. The van der Waals surface area contributed by atoms with Gasteiger partial charge in [-0.05, 0) is 30.3 Å². The fourth-order valence-corrected chi connectivity index (χ4v) is 3.52. The summed E-state index contributed by atoms with van der Waals surface area (Å²) in [5, 5.41) is 6.45. The van der Waals surface area contributed by atoms with Crippen LogP contribution < -0.4 is 10.2 Å². The molecular weight excluding hydrogens is 443 g/mol. The third kappa shape index (κ3) is 4.04. The summed E-state index contributed by atoms with van der Waals surface area (Å²) >= 11 is 3.18. The minimum atomic E-state index is -0.582. The van der Waals surface area contributed by atoms with Crippen molar-refractivity contribution < 1.29 is 18.5 Å². The number of aryl methyl sites for hydroxylation is 1. The topological polar surface area (TPSA) is 88.3 Å². The number of nitrogens with zero attached hydrogens (tertiary/aromatic N) is 3. The molecule has 0 radical (unpaired) electrons. The molecule has 2 aromatic carbocycles. The predicted octanol–water partition coefficient (Wildman–Crippen LogP) is 3.94. The normalized spacial score (nSPS) is 16.3. The molecule has 29 heavy (non-hydrogen) atoms. The highest BCUT2D eigenvalue weighted by Gasteiger charge is 2.35. The van der Waals surface area contributed by atoms with Gasteiger partial charge in [0.2, 0.25) is 23.5 Å². The van der Waals surface area contributed by atoms with E-state index in [1.807, 2.05) is 6.07 Å². The van der Waals surface area contributed by atoms with Gasteiger partial charge in [0, 0.05) is 35.6 Å². The van der Waals surface area contributed by atoms with Crippen LogP contribution in [-0.4, -0.2) is 28.5 Å². The van der Waals surface area contributed by atoms with E-state index in [1.165, 1.54) is 12.1 Å². The predicted molar refractivity (Wildman–Crippen MR) is 108 cm³/mol. The molecule has 1 aromatic heterocycles. The number of aromatic nitrogens is 2. The Balaban J connectivity index is 1.50. The molecular formula is C20H16BrFN4O3. The first kappa shape index (κ1) is 19.3. The Kier molecular flexibility index (Phi) is 5.14. The lowest BCUT2D eigenvalue weighted by atomic mass is 10.1. The van der Waals surface area contributed by atoms with Crippen molar-refractivity contribution in [2.45, 2.75) is 13.3 Å². The maximum Gasteiger partial charge on any atom is 0.229 e. The Bertz CT molecular complexity index is 1100. The number of nitrogens with one attached hydrogen (secondary N) is 1. The first-order chi connectivity index (χ1) is 13.9. The molecule has 0 bridgehead atoms. The van der Waals surface area contributed by atoms with Gasteiger partial charge in [-0.3, -0.25) is 9.59 Å². The van der Waals surface area contributed by atoms with E-state index in [2.05, 4.69) is 31.4 Å². The summed E-state index contributed by atoms with van der Waals surface area (Å²) < 4.78 is 19.6. The molecule has 0 aliphatic carbocycles. The summed E-state index contributed by atoms with van der Waals surface area (Å²) in [5.74, 6) is -0.830. The summed E-state index contributed by atoms with van der Waals surface area (Å²) in [6.07, 6.45) is 0.0511.